The minimum absolute atomic E-state index is 0.0452. The van der Waals surface area contributed by atoms with Crippen molar-refractivity contribution in [2.75, 3.05) is 5.88 Å². The normalized spacial score (nSPS) is 16.1. The van der Waals surface area contributed by atoms with Gasteiger partial charge in [-0.1, -0.05) is 0 Å². The van der Waals surface area contributed by atoms with Crippen molar-refractivity contribution in [1.29, 1.82) is 0 Å². The second-order valence-electron chi connectivity index (χ2n) is 5.99. The van der Waals surface area contributed by atoms with Crippen LogP contribution in [-0.2, 0) is 12.0 Å². The van der Waals surface area contributed by atoms with E-state index in [4.69, 9.17) is 11.6 Å². The Morgan fingerprint density at radius 1 is 1.45 bits per heavy atom. The van der Waals surface area contributed by atoms with Crippen LogP contribution in [0.4, 0.5) is 4.39 Å². The molecule has 0 radical (unpaired) electrons. The van der Waals surface area contributed by atoms with Gasteiger partial charge in [-0.2, -0.15) is 0 Å². The molecule has 0 N–H and O–H groups in total. The molecular formula is C15H17BrClFN2. The molecule has 20 heavy (non-hydrogen) atoms. The van der Waals surface area contributed by atoms with E-state index in [-0.39, 0.29) is 11.4 Å². The van der Waals surface area contributed by atoms with Crippen molar-refractivity contribution in [3.63, 3.8) is 0 Å². The van der Waals surface area contributed by atoms with Gasteiger partial charge < -0.3 is 4.57 Å². The molecule has 1 heterocycles. The third-order valence-electron chi connectivity index (χ3n) is 4.24. The maximum Gasteiger partial charge on any atom is 0.139 e. The number of alkyl halides is 1. The van der Waals surface area contributed by atoms with E-state index in [0.717, 1.165) is 16.9 Å². The number of benzene rings is 1. The molecular weight excluding hydrogens is 343 g/mol. The van der Waals surface area contributed by atoms with E-state index in [1.54, 1.807) is 12.1 Å². The van der Waals surface area contributed by atoms with Gasteiger partial charge in [0.1, 0.15) is 11.6 Å². The Bertz CT molecular complexity index is 661. The molecule has 0 bridgehead atoms. The fourth-order valence-corrected chi connectivity index (χ4v) is 3.49. The Kier molecular flexibility index (Phi) is 3.57. The van der Waals surface area contributed by atoms with Crippen molar-refractivity contribution < 1.29 is 4.39 Å². The highest BCUT2D eigenvalue weighted by atomic mass is 79.9. The highest BCUT2D eigenvalue weighted by Crippen LogP contribution is 2.46. The fraction of sp³-hybridized carbons (Fsp3) is 0.533. The van der Waals surface area contributed by atoms with Crippen LogP contribution in [0, 0.1) is 11.7 Å². The lowest BCUT2D eigenvalue weighted by Gasteiger charge is -2.29. The van der Waals surface area contributed by atoms with Gasteiger partial charge in [0.2, 0.25) is 0 Å². The zero-order valence-corrected chi connectivity index (χ0v) is 13.9. The van der Waals surface area contributed by atoms with E-state index in [1.165, 1.54) is 12.8 Å². The number of imidazole rings is 1. The van der Waals surface area contributed by atoms with Gasteiger partial charge in [0, 0.05) is 23.9 Å². The standard InChI is InChI=1S/C15H17BrClFN2/c1-15(2,9-3-4-9)20-13-8-11(18)10(16)7-12(13)19-14(20)5-6-17/h7-9H,3-6H2,1-2H3. The molecule has 3 rings (SSSR count). The van der Waals surface area contributed by atoms with Crippen LogP contribution in [0.1, 0.15) is 32.5 Å². The molecule has 0 aliphatic heterocycles. The zero-order chi connectivity index (χ0) is 14.5. The average Bonchev–Trinajstić information content (AvgIpc) is 3.15. The van der Waals surface area contributed by atoms with Crippen LogP contribution in [0.15, 0.2) is 16.6 Å². The number of nitrogens with zero attached hydrogens (tertiary/aromatic N) is 2. The molecule has 0 spiro atoms. The van der Waals surface area contributed by atoms with Crippen molar-refractivity contribution in [2.24, 2.45) is 5.92 Å². The van der Waals surface area contributed by atoms with Gasteiger partial charge >= 0.3 is 0 Å². The van der Waals surface area contributed by atoms with Gasteiger partial charge in [-0.15, -0.1) is 11.6 Å². The lowest BCUT2D eigenvalue weighted by molar-refractivity contribution is 0.304. The lowest BCUT2D eigenvalue weighted by Crippen LogP contribution is -2.30. The van der Waals surface area contributed by atoms with Crippen LogP contribution in [-0.4, -0.2) is 15.4 Å². The summed E-state index contributed by atoms with van der Waals surface area (Å²) in [6.07, 6.45) is 3.16. The van der Waals surface area contributed by atoms with Crippen molar-refractivity contribution >= 4 is 38.6 Å². The van der Waals surface area contributed by atoms with Crippen LogP contribution < -0.4 is 0 Å². The van der Waals surface area contributed by atoms with Gasteiger partial charge in [0.05, 0.1) is 15.5 Å². The van der Waals surface area contributed by atoms with E-state index in [9.17, 15) is 4.39 Å². The molecule has 1 aliphatic rings. The quantitative estimate of drug-likeness (QED) is 0.713. The topological polar surface area (TPSA) is 17.8 Å². The van der Waals surface area contributed by atoms with Crippen molar-refractivity contribution in [3.8, 4) is 0 Å². The van der Waals surface area contributed by atoms with Gasteiger partial charge in [-0.05, 0) is 54.6 Å². The summed E-state index contributed by atoms with van der Waals surface area (Å²) in [5, 5.41) is 0. The SMILES string of the molecule is CC(C)(C1CC1)n1c(CCCl)nc2cc(Br)c(F)cc21. The first-order chi connectivity index (χ1) is 9.45. The molecule has 0 saturated heterocycles. The summed E-state index contributed by atoms with van der Waals surface area (Å²) >= 11 is 9.14. The van der Waals surface area contributed by atoms with E-state index >= 15 is 0 Å². The van der Waals surface area contributed by atoms with E-state index < -0.39 is 0 Å². The summed E-state index contributed by atoms with van der Waals surface area (Å²) in [5.41, 5.74) is 1.64. The lowest BCUT2D eigenvalue weighted by atomic mass is 9.97. The van der Waals surface area contributed by atoms with E-state index in [0.29, 0.717) is 22.7 Å². The number of rotatable bonds is 4. The van der Waals surface area contributed by atoms with Crippen LogP contribution in [0.5, 0.6) is 0 Å². The second-order valence-corrected chi connectivity index (χ2v) is 7.22. The Hall–Kier alpha value is -0.610. The largest absolute Gasteiger partial charge is 0.322 e. The minimum atomic E-state index is -0.248. The number of fused-ring (bicyclic) bond motifs is 1. The van der Waals surface area contributed by atoms with Crippen molar-refractivity contribution in [2.45, 2.75) is 38.6 Å². The molecule has 5 heteroatoms. The maximum atomic E-state index is 13.9. The molecule has 1 aromatic carbocycles. The number of aromatic nitrogens is 2. The molecule has 1 fully saturated rings. The van der Waals surface area contributed by atoms with E-state index in [2.05, 4.69) is 39.3 Å². The monoisotopic (exact) mass is 358 g/mol. The number of halogens is 3. The summed E-state index contributed by atoms with van der Waals surface area (Å²) in [5.74, 6) is 1.86. The average molecular weight is 360 g/mol. The molecule has 0 atom stereocenters. The third-order valence-corrected chi connectivity index (χ3v) is 5.03. The molecule has 2 aromatic rings. The Morgan fingerprint density at radius 2 is 2.15 bits per heavy atom. The molecule has 1 aromatic heterocycles. The van der Waals surface area contributed by atoms with Crippen LogP contribution in [0.25, 0.3) is 11.0 Å². The van der Waals surface area contributed by atoms with E-state index in [1.807, 2.05) is 0 Å². The predicted octanol–water partition coefficient (Wildman–Crippen LogP) is 4.86. The highest BCUT2D eigenvalue weighted by molar-refractivity contribution is 9.10. The predicted molar refractivity (Wildman–Crippen MR) is 83.9 cm³/mol. The molecule has 108 valence electrons. The molecule has 1 aliphatic carbocycles. The first kappa shape index (κ1) is 14.3. The minimum Gasteiger partial charge on any atom is -0.322 e. The molecule has 1 saturated carbocycles. The smallest absolute Gasteiger partial charge is 0.139 e. The second kappa shape index (κ2) is 4.99. The Morgan fingerprint density at radius 3 is 2.75 bits per heavy atom. The number of hydrogen-bond acceptors (Lipinski definition) is 1. The summed E-state index contributed by atoms with van der Waals surface area (Å²) in [4.78, 5) is 4.66. The molecule has 0 amide bonds. The molecule has 2 nitrogen and oxygen atoms in total. The van der Waals surface area contributed by atoms with Crippen molar-refractivity contribution in [3.05, 3.63) is 28.2 Å². The van der Waals surface area contributed by atoms with Gasteiger partial charge in [0.25, 0.3) is 0 Å². The first-order valence-corrected chi connectivity index (χ1v) is 8.20. The van der Waals surface area contributed by atoms with Gasteiger partial charge in [-0.25, -0.2) is 9.37 Å². The van der Waals surface area contributed by atoms with Crippen molar-refractivity contribution in [1.82, 2.24) is 9.55 Å². The van der Waals surface area contributed by atoms with Gasteiger partial charge in [0.15, 0.2) is 0 Å². The zero-order valence-electron chi connectivity index (χ0n) is 11.6. The maximum absolute atomic E-state index is 13.9. The fourth-order valence-electron chi connectivity index (χ4n) is 2.99. The Labute approximate surface area is 131 Å². The number of hydrogen-bond donors (Lipinski definition) is 0. The van der Waals surface area contributed by atoms with Gasteiger partial charge in [-0.3, -0.25) is 0 Å². The summed E-state index contributed by atoms with van der Waals surface area (Å²) in [6, 6.07) is 3.33. The Balaban J connectivity index is 2.25. The first-order valence-electron chi connectivity index (χ1n) is 6.88. The van der Waals surface area contributed by atoms with Crippen LogP contribution >= 0.6 is 27.5 Å². The summed E-state index contributed by atoms with van der Waals surface area (Å²) in [6.45, 7) is 4.42. The highest BCUT2D eigenvalue weighted by Gasteiger charge is 2.41. The van der Waals surface area contributed by atoms with Crippen LogP contribution in [0.3, 0.4) is 0 Å². The summed E-state index contributed by atoms with van der Waals surface area (Å²) in [7, 11) is 0. The number of aryl methyl sites for hydroxylation is 1. The molecule has 0 unspecified atom stereocenters. The summed E-state index contributed by atoms with van der Waals surface area (Å²) < 4.78 is 16.6. The third kappa shape index (κ3) is 2.27. The van der Waals surface area contributed by atoms with Crippen LogP contribution in [0.2, 0.25) is 0 Å².